The number of ether oxygens (including phenoxy) is 1. The van der Waals surface area contributed by atoms with Crippen LogP contribution in [0.5, 0.6) is 5.75 Å². The molecule has 2 heterocycles. The van der Waals surface area contributed by atoms with Crippen LogP contribution >= 0.6 is 0 Å². The average Bonchev–Trinajstić information content (AvgIpc) is 2.96. The second kappa shape index (κ2) is 6.15. The summed E-state index contributed by atoms with van der Waals surface area (Å²) in [5.41, 5.74) is 0.943. The van der Waals surface area contributed by atoms with Crippen LogP contribution in [0.3, 0.4) is 0 Å². The van der Waals surface area contributed by atoms with Gasteiger partial charge in [-0.05, 0) is 6.54 Å². The van der Waals surface area contributed by atoms with Gasteiger partial charge < -0.3 is 10.1 Å². The monoisotopic (exact) mass is 250 g/mol. The van der Waals surface area contributed by atoms with Gasteiger partial charge in [-0.3, -0.25) is 4.68 Å². The molecule has 2 aromatic heterocycles. The Morgan fingerprint density at radius 2 is 2.28 bits per heavy atom. The van der Waals surface area contributed by atoms with Crippen LogP contribution in [-0.4, -0.2) is 37.9 Å². The van der Waals surface area contributed by atoms with E-state index in [9.17, 15) is 0 Å². The summed E-state index contributed by atoms with van der Waals surface area (Å²) in [7, 11) is 1.86. The Hall–Kier alpha value is -1.89. The van der Waals surface area contributed by atoms with Crippen molar-refractivity contribution in [1.29, 1.82) is 0 Å². The number of nitrogens with one attached hydrogen (secondary N) is 1. The molecule has 0 radical (unpaired) electrons. The summed E-state index contributed by atoms with van der Waals surface area (Å²) in [6.07, 6.45) is 5.45. The minimum atomic E-state index is 0.551. The molecule has 0 aromatic carbocycles. The number of aromatic nitrogens is 5. The zero-order valence-corrected chi connectivity index (χ0v) is 10.7. The molecule has 2 rings (SSSR count). The van der Waals surface area contributed by atoms with Gasteiger partial charge in [0.05, 0.1) is 24.6 Å². The fourth-order valence-electron chi connectivity index (χ4n) is 1.51. The van der Waals surface area contributed by atoms with E-state index in [0.29, 0.717) is 13.2 Å². The predicted octanol–water partition coefficient (Wildman–Crippen LogP) is 0.200. The van der Waals surface area contributed by atoms with Gasteiger partial charge in [-0.25, -0.2) is 4.68 Å². The first kappa shape index (κ1) is 12.6. The maximum Gasteiger partial charge on any atom is 0.157 e. The lowest BCUT2D eigenvalue weighted by atomic mass is 10.4. The van der Waals surface area contributed by atoms with E-state index in [1.807, 2.05) is 19.4 Å². The molecule has 7 nitrogen and oxygen atoms in total. The van der Waals surface area contributed by atoms with Gasteiger partial charge in [0.15, 0.2) is 5.75 Å². The zero-order chi connectivity index (χ0) is 12.8. The van der Waals surface area contributed by atoms with E-state index in [2.05, 4.69) is 27.7 Å². The molecule has 1 N–H and O–H groups in total. The third-order valence-electron chi connectivity index (χ3n) is 2.41. The molecular weight excluding hydrogens is 232 g/mol. The smallest absolute Gasteiger partial charge is 0.157 e. The van der Waals surface area contributed by atoms with Crippen molar-refractivity contribution in [2.75, 3.05) is 13.2 Å². The third kappa shape index (κ3) is 3.56. The predicted molar refractivity (Wildman–Crippen MR) is 66.1 cm³/mol. The molecule has 0 amide bonds. The Labute approximate surface area is 106 Å². The first-order valence-electron chi connectivity index (χ1n) is 5.99. The Kier molecular flexibility index (Phi) is 4.30. The molecule has 18 heavy (non-hydrogen) atoms. The summed E-state index contributed by atoms with van der Waals surface area (Å²) >= 11 is 0. The maximum atomic E-state index is 5.53. The van der Waals surface area contributed by atoms with E-state index in [4.69, 9.17) is 4.74 Å². The van der Waals surface area contributed by atoms with Crippen LogP contribution < -0.4 is 10.1 Å². The van der Waals surface area contributed by atoms with Gasteiger partial charge >= 0.3 is 0 Å². The molecule has 7 heteroatoms. The highest BCUT2D eigenvalue weighted by Crippen LogP contribution is 2.06. The quantitative estimate of drug-likeness (QED) is 0.760. The van der Waals surface area contributed by atoms with Crippen LogP contribution in [0, 0.1) is 0 Å². The standard InChI is InChI=1S/C11H18N6O/c1-3-12-6-10-8-17(15-14-10)4-5-18-11-7-13-16(2)9-11/h7-9,12H,3-6H2,1-2H3. The van der Waals surface area contributed by atoms with Gasteiger partial charge in [0.25, 0.3) is 0 Å². The Morgan fingerprint density at radius 1 is 1.39 bits per heavy atom. The van der Waals surface area contributed by atoms with Crippen molar-refractivity contribution in [2.45, 2.75) is 20.0 Å². The number of aryl methyl sites for hydroxylation is 1. The number of nitrogens with zero attached hydrogens (tertiary/aromatic N) is 5. The SMILES string of the molecule is CCNCc1cn(CCOc2cnn(C)c2)nn1. The van der Waals surface area contributed by atoms with Gasteiger partial charge in [0.2, 0.25) is 0 Å². The zero-order valence-electron chi connectivity index (χ0n) is 10.7. The van der Waals surface area contributed by atoms with Crippen molar-refractivity contribution in [2.24, 2.45) is 7.05 Å². The van der Waals surface area contributed by atoms with Crippen molar-refractivity contribution < 1.29 is 4.74 Å². The molecule has 0 aliphatic carbocycles. The van der Waals surface area contributed by atoms with Crippen molar-refractivity contribution in [3.05, 3.63) is 24.3 Å². The lowest BCUT2D eigenvalue weighted by Crippen LogP contribution is -2.12. The van der Waals surface area contributed by atoms with Gasteiger partial charge in [0.1, 0.15) is 6.61 Å². The Bertz CT molecular complexity index is 477. The molecule has 0 unspecified atom stereocenters. The number of rotatable bonds is 7. The summed E-state index contributed by atoms with van der Waals surface area (Å²) < 4.78 is 9.02. The second-order valence-corrected chi connectivity index (χ2v) is 3.95. The fraction of sp³-hybridized carbons (Fsp3) is 0.545. The Balaban J connectivity index is 1.74. The molecule has 0 aliphatic heterocycles. The van der Waals surface area contributed by atoms with Gasteiger partial charge in [0, 0.05) is 19.8 Å². The molecule has 0 aliphatic rings. The summed E-state index contributed by atoms with van der Waals surface area (Å²) in [5, 5.41) is 15.3. The van der Waals surface area contributed by atoms with E-state index in [1.165, 1.54) is 0 Å². The molecule has 0 fully saturated rings. The highest BCUT2D eigenvalue weighted by Gasteiger charge is 2.01. The van der Waals surface area contributed by atoms with E-state index in [0.717, 1.165) is 24.5 Å². The molecule has 0 saturated heterocycles. The van der Waals surface area contributed by atoms with Gasteiger partial charge in [-0.2, -0.15) is 5.10 Å². The first-order valence-corrected chi connectivity index (χ1v) is 5.99. The number of hydrogen-bond donors (Lipinski definition) is 1. The number of hydrogen-bond acceptors (Lipinski definition) is 5. The fourth-order valence-corrected chi connectivity index (χ4v) is 1.51. The van der Waals surface area contributed by atoms with Crippen molar-refractivity contribution in [3.63, 3.8) is 0 Å². The summed E-state index contributed by atoms with van der Waals surface area (Å²) in [6, 6.07) is 0. The van der Waals surface area contributed by atoms with Gasteiger partial charge in [-0.1, -0.05) is 12.1 Å². The Morgan fingerprint density at radius 3 is 3.00 bits per heavy atom. The van der Waals surface area contributed by atoms with Crippen molar-refractivity contribution in [1.82, 2.24) is 30.1 Å². The van der Waals surface area contributed by atoms with Crippen LogP contribution in [0.25, 0.3) is 0 Å². The summed E-state index contributed by atoms with van der Waals surface area (Å²) in [4.78, 5) is 0. The topological polar surface area (TPSA) is 69.8 Å². The highest BCUT2D eigenvalue weighted by molar-refractivity contribution is 5.11. The molecule has 0 spiro atoms. The molecular formula is C11H18N6O. The van der Waals surface area contributed by atoms with Crippen LogP contribution in [-0.2, 0) is 20.1 Å². The van der Waals surface area contributed by atoms with Crippen LogP contribution in [0.4, 0.5) is 0 Å². The molecule has 2 aromatic rings. The molecule has 0 saturated carbocycles. The second-order valence-electron chi connectivity index (χ2n) is 3.95. The molecule has 0 bridgehead atoms. The normalized spacial score (nSPS) is 10.8. The largest absolute Gasteiger partial charge is 0.488 e. The van der Waals surface area contributed by atoms with Crippen molar-refractivity contribution >= 4 is 0 Å². The first-order chi connectivity index (χ1) is 8.78. The summed E-state index contributed by atoms with van der Waals surface area (Å²) in [5.74, 6) is 0.769. The lowest BCUT2D eigenvalue weighted by Gasteiger charge is -2.02. The minimum absolute atomic E-state index is 0.551. The van der Waals surface area contributed by atoms with Crippen LogP contribution in [0.2, 0.25) is 0 Å². The van der Waals surface area contributed by atoms with E-state index < -0.39 is 0 Å². The van der Waals surface area contributed by atoms with E-state index >= 15 is 0 Å². The molecule has 0 atom stereocenters. The minimum Gasteiger partial charge on any atom is -0.488 e. The highest BCUT2D eigenvalue weighted by atomic mass is 16.5. The van der Waals surface area contributed by atoms with Gasteiger partial charge in [-0.15, -0.1) is 5.10 Å². The average molecular weight is 250 g/mol. The lowest BCUT2D eigenvalue weighted by molar-refractivity contribution is 0.289. The third-order valence-corrected chi connectivity index (χ3v) is 2.41. The van der Waals surface area contributed by atoms with Crippen molar-refractivity contribution in [3.8, 4) is 5.75 Å². The molecule has 98 valence electrons. The maximum absolute atomic E-state index is 5.53. The van der Waals surface area contributed by atoms with E-state index in [1.54, 1.807) is 15.6 Å². The van der Waals surface area contributed by atoms with Crippen LogP contribution in [0.15, 0.2) is 18.6 Å². The van der Waals surface area contributed by atoms with Crippen LogP contribution in [0.1, 0.15) is 12.6 Å². The summed E-state index contributed by atoms with van der Waals surface area (Å²) in [6.45, 7) is 4.97. The van der Waals surface area contributed by atoms with E-state index in [-0.39, 0.29) is 0 Å².